The number of benzene rings is 3. The molecule has 2 aliphatic carbocycles. The molecule has 3 aromatic carbocycles. The quantitative estimate of drug-likeness (QED) is 0.322. The van der Waals surface area contributed by atoms with Crippen molar-refractivity contribution in [3.05, 3.63) is 100 Å². The summed E-state index contributed by atoms with van der Waals surface area (Å²) in [5.41, 5.74) is 12.3. The highest BCUT2D eigenvalue weighted by Crippen LogP contribution is 2.48. The highest BCUT2D eigenvalue weighted by molar-refractivity contribution is 6.02. The third-order valence-corrected chi connectivity index (χ3v) is 8.89. The summed E-state index contributed by atoms with van der Waals surface area (Å²) < 4.78 is 0. The summed E-state index contributed by atoms with van der Waals surface area (Å²) in [6, 6.07) is 24.0. The smallest absolute Gasteiger partial charge is 0.115 e. The molecule has 1 saturated heterocycles. The van der Waals surface area contributed by atoms with Gasteiger partial charge in [0.25, 0.3) is 0 Å². The number of H-pyrrole nitrogens is 1. The Kier molecular flexibility index (Phi) is 5.11. The Balaban J connectivity index is 1.31. The van der Waals surface area contributed by atoms with Gasteiger partial charge in [-0.05, 0) is 114 Å². The van der Waals surface area contributed by atoms with Gasteiger partial charge in [-0.2, -0.15) is 0 Å². The van der Waals surface area contributed by atoms with Crippen molar-refractivity contribution < 1.29 is 5.11 Å². The largest absolute Gasteiger partial charge is 0.508 e. The van der Waals surface area contributed by atoms with E-state index in [1.165, 1.54) is 87.9 Å². The number of aryl methyl sites for hydroxylation is 2. The first-order valence-electron chi connectivity index (χ1n) is 13.5. The fourth-order valence-electron chi connectivity index (χ4n) is 6.97. The Bertz CT molecular complexity index is 1500. The molecule has 36 heavy (non-hydrogen) atoms. The molecule has 2 fully saturated rings. The Morgan fingerprint density at radius 1 is 0.889 bits per heavy atom. The normalized spacial score (nSPS) is 19.1. The average Bonchev–Trinajstić information content (AvgIpc) is 3.13. The molecule has 1 saturated carbocycles. The molecule has 2 heterocycles. The van der Waals surface area contributed by atoms with Gasteiger partial charge in [-0.1, -0.05) is 42.8 Å². The van der Waals surface area contributed by atoms with E-state index in [2.05, 4.69) is 71.4 Å². The lowest BCUT2D eigenvalue weighted by Gasteiger charge is -2.56. The monoisotopic (exact) mass is 474 g/mol. The molecule has 1 spiro atoms. The van der Waals surface area contributed by atoms with Crippen LogP contribution in [0.3, 0.4) is 0 Å². The molecular formula is C33H34N2O. The minimum absolute atomic E-state index is 0.354. The summed E-state index contributed by atoms with van der Waals surface area (Å²) in [5, 5.41) is 11.5. The van der Waals surface area contributed by atoms with E-state index in [-0.39, 0.29) is 0 Å². The molecule has 2 N–H and O–H groups in total. The van der Waals surface area contributed by atoms with Crippen molar-refractivity contribution >= 4 is 22.0 Å². The van der Waals surface area contributed by atoms with Crippen LogP contribution in [0.5, 0.6) is 5.75 Å². The topological polar surface area (TPSA) is 39.3 Å². The van der Waals surface area contributed by atoms with Gasteiger partial charge in [0.05, 0.1) is 0 Å². The number of likely N-dealkylation sites (tertiary alicyclic amines) is 1. The minimum atomic E-state index is 0.354. The second kappa shape index (κ2) is 8.38. The second-order valence-electron chi connectivity index (χ2n) is 11.5. The lowest BCUT2D eigenvalue weighted by Crippen LogP contribution is -2.58. The van der Waals surface area contributed by atoms with Crippen LogP contribution >= 0.6 is 0 Å². The first kappa shape index (κ1) is 21.9. The van der Waals surface area contributed by atoms with Crippen LogP contribution in [0.15, 0.2) is 66.7 Å². The average molecular weight is 475 g/mol. The van der Waals surface area contributed by atoms with Crippen LogP contribution in [0.25, 0.3) is 22.0 Å². The van der Waals surface area contributed by atoms with Crippen LogP contribution in [0.4, 0.5) is 0 Å². The number of rotatable bonds is 4. The molecule has 1 aliphatic heterocycles. The molecule has 1 aromatic heterocycles. The fraction of sp³-hybridized carbons (Fsp3) is 0.333. The highest BCUT2D eigenvalue weighted by Gasteiger charge is 2.46. The zero-order chi connectivity index (χ0) is 24.3. The van der Waals surface area contributed by atoms with E-state index < -0.39 is 0 Å². The highest BCUT2D eigenvalue weighted by atomic mass is 16.3. The second-order valence-corrected chi connectivity index (χ2v) is 11.5. The maximum absolute atomic E-state index is 10.2. The van der Waals surface area contributed by atoms with E-state index in [1.54, 1.807) is 0 Å². The van der Waals surface area contributed by atoms with Crippen molar-refractivity contribution in [2.75, 3.05) is 13.1 Å². The molecular weight excluding hydrogens is 440 g/mol. The molecule has 3 nitrogen and oxygen atoms in total. The Hall–Kier alpha value is -3.30. The fourth-order valence-corrected chi connectivity index (χ4v) is 6.97. The lowest BCUT2D eigenvalue weighted by molar-refractivity contribution is -0.0649. The van der Waals surface area contributed by atoms with Crippen LogP contribution in [0, 0.1) is 12.3 Å². The van der Waals surface area contributed by atoms with Gasteiger partial charge in [0, 0.05) is 36.2 Å². The summed E-state index contributed by atoms with van der Waals surface area (Å²) in [4.78, 5) is 6.28. The maximum atomic E-state index is 10.2. The Morgan fingerprint density at radius 2 is 1.75 bits per heavy atom. The molecule has 7 rings (SSSR count). The number of hydrogen-bond donors (Lipinski definition) is 2. The van der Waals surface area contributed by atoms with Crippen molar-refractivity contribution in [3.63, 3.8) is 0 Å². The molecule has 3 heteroatoms. The molecule has 3 aliphatic rings. The number of hydrogen-bond acceptors (Lipinski definition) is 2. The van der Waals surface area contributed by atoms with Crippen LogP contribution in [-0.2, 0) is 13.0 Å². The summed E-state index contributed by atoms with van der Waals surface area (Å²) in [6.07, 6.45) is 7.37. The summed E-state index contributed by atoms with van der Waals surface area (Å²) >= 11 is 0. The van der Waals surface area contributed by atoms with Gasteiger partial charge >= 0.3 is 0 Å². The van der Waals surface area contributed by atoms with Gasteiger partial charge in [-0.15, -0.1) is 0 Å². The van der Waals surface area contributed by atoms with E-state index in [0.717, 1.165) is 25.8 Å². The van der Waals surface area contributed by atoms with Gasteiger partial charge in [-0.3, -0.25) is 4.90 Å². The van der Waals surface area contributed by atoms with Crippen molar-refractivity contribution in [1.82, 2.24) is 9.88 Å². The number of aromatic amines is 1. The van der Waals surface area contributed by atoms with Gasteiger partial charge in [0.2, 0.25) is 0 Å². The number of fused-ring (bicyclic) bond motifs is 2. The first-order chi connectivity index (χ1) is 17.6. The van der Waals surface area contributed by atoms with E-state index in [0.29, 0.717) is 11.2 Å². The zero-order valence-electron chi connectivity index (χ0n) is 21.1. The van der Waals surface area contributed by atoms with E-state index in [1.807, 2.05) is 12.1 Å². The maximum Gasteiger partial charge on any atom is 0.115 e. The third-order valence-electron chi connectivity index (χ3n) is 8.89. The van der Waals surface area contributed by atoms with Crippen LogP contribution in [-0.4, -0.2) is 28.1 Å². The van der Waals surface area contributed by atoms with E-state index >= 15 is 0 Å². The third kappa shape index (κ3) is 3.69. The molecule has 4 aromatic rings. The number of phenolic OH excluding ortho intramolecular Hbond substituents is 1. The van der Waals surface area contributed by atoms with Gasteiger partial charge in [0.15, 0.2) is 0 Å². The van der Waals surface area contributed by atoms with E-state index in [9.17, 15) is 5.11 Å². The van der Waals surface area contributed by atoms with Crippen LogP contribution in [0.1, 0.15) is 65.6 Å². The number of aromatic hydroxyl groups is 1. The van der Waals surface area contributed by atoms with Crippen molar-refractivity contribution in [1.29, 1.82) is 0 Å². The van der Waals surface area contributed by atoms with Crippen molar-refractivity contribution in [2.24, 2.45) is 5.41 Å². The predicted octanol–water partition coefficient (Wildman–Crippen LogP) is 7.46. The van der Waals surface area contributed by atoms with Crippen LogP contribution in [0.2, 0.25) is 0 Å². The van der Waals surface area contributed by atoms with Gasteiger partial charge < -0.3 is 10.1 Å². The summed E-state index contributed by atoms with van der Waals surface area (Å²) in [7, 11) is 0. The molecule has 0 bridgehead atoms. The summed E-state index contributed by atoms with van der Waals surface area (Å²) in [6.45, 7) is 5.77. The number of nitrogens with one attached hydrogen (secondary N) is 1. The molecule has 0 radical (unpaired) electrons. The van der Waals surface area contributed by atoms with Gasteiger partial charge in [-0.25, -0.2) is 0 Å². The van der Waals surface area contributed by atoms with Crippen molar-refractivity contribution in [2.45, 2.75) is 52.0 Å². The van der Waals surface area contributed by atoms with Gasteiger partial charge in [0.1, 0.15) is 5.75 Å². The standard InChI is InChI=1S/C33H34N2O/c1-22-6-2-3-8-28(22)30-9-4-7-23-18-27(36)11-12-29(23)32(30)24-10-13-31-25(16-24)17-26(34-31)19-35-20-33(21-35)14-5-15-33/h2-3,6,8,10-13,16-18,34,36H,4-5,7,9,14-15,19-21H2,1H3. The number of allylic oxidation sites excluding steroid dienone is 1. The Morgan fingerprint density at radius 3 is 2.56 bits per heavy atom. The molecule has 0 unspecified atom stereocenters. The van der Waals surface area contributed by atoms with E-state index in [4.69, 9.17) is 0 Å². The van der Waals surface area contributed by atoms with Crippen LogP contribution < -0.4 is 0 Å². The Labute approximate surface area is 213 Å². The molecule has 182 valence electrons. The number of nitrogens with zero attached hydrogens (tertiary/aromatic N) is 1. The minimum Gasteiger partial charge on any atom is -0.508 e. The zero-order valence-corrected chi connectivity index (χ0v) is 21.1. The molecule has 0 atom stereocenters. The molecule has 0 amide bonds. The summed E-state index contributed by atoms with van der Waals surface area (Å²) in [5.74, 6) is 0.354. The van der Waals surface area contributed by atoms with Crippen molar-refractivity contribution in [3.8, 4) is 5.75 Å². The lowest BCUT2D eigenvalue weighted by atomic mass is 9.63. The SMILES string of the molecule is Cc1ccccc1C1=C(c2ccc3[nH]c(CN4CC5(CCC5)C4)cc3c2)c2ccc(O)cc2CCC1. The number of aromatic nitrogens is 1. The first-order valence-corrected chi connectivity index (χ1v) is 13.5. The number of phenols is 1. The predicted molar refractivity (Wildman–Crippen MR) is 148 cm³/mol.